The van der Waals surface area contributed by atoms with Crippen molar-refractivity contribution < 1.29 is 14.7 Å². The summed E-state index contributed by atoms with van der Waals surface area (Å²) in [5, 5.41) is 11.0. The number of carbonyl (C=O) groups is 2. The Kier molecular flexibility index (Phi) is 3.71. The summed E-state index contributed by atoms with van der Waals surface area (Å²) in [6.45, 7) is 4.22. The third kappa shape index (κ3) is 2.41. The van der Waals surface area contributed by atoms with Crippen molar-refractivity contribution in [3.05, 3.63) is 21.9 Å². The number of carboxylic acids is 1. The molecule has 18 heavy (non-hydrogen) atoms. The van der Waals surface area contributed by atoms with Crippen LogP contribution in [0.3, 0.4) is 0 Å². The molecule has 2 heterocycles. The van der Waals surface area contributed by atoms with Crippen LogP contribution in [-0.2, 0) is 4.79 Å². The van der Waals surface area contributed by atoms with E-state index in [4.69, 9.17) is 5.11 Å². The molecule has 1 saturated heterocycles. The van der Waals surface area contributed by atoms with Crippen LogP contribution in [0, 0.1) is 12.8 Å². The number of hydrogen-bond acceptors (Lipinski definition) is 3. The summed E-state index contributed by atoms with van der Waals surface area (Å²) < 4.78 is 0. The van der Waals surface area contributed by atoms with Crippen LogP contribution in [0.2, 0.25) is 0 Å². The number of amides is 1. The van der Waals surface area contributed by atoms with Gasteiger partial charge in [0.1, 0.15) is 0 Å². The lowest BCUT2D eigenvalue weighted by atomic mass is 9.93. The molecule has 0 radical (unpaired) electrons. The Balaban J connectivity index is 2.18. The summed E-state index contributed by atoms with van der Waals surface area (Å²) in [5.74, 6) is -1.26. The maximum Gasteiger partial charge on any atom is 0.308 e. The molecule has 1 amide bonds. The molecule has 1 N–H and O–H groups in total. The maximum atomic E-state index is 12.4. The average Bonchev–Trinajstić information content (AvgIpc) is 2.75. The second kappa shape index (κ2) is 5.10. The van der Waals surface area contributed by atoms with Gasteiger partial charge >= 0.3 is 5.97 Å². The van der Waals surface area contributed by atoms with Gasteiger partial charge in [-0.3, -0.25) is 9.59 Å². The Labute approximate surface area is 110 Å². The van der Waals surface area contributed by atoms with Crippen LogP contribution < -0.4 is 0 Å². The van der Waals surface area contributed by atoms with Crippen LogP contribution in [0.4, 0.5) is 0 Å². The lowest BCUT2D eigenvalue weighted by Crippen LogP contribution is -2.47. The second-order valence-corrected chi connectivity index (χ2v) is 5.77. The van der Waals surface area contributed by atoms with Crippen molar-refractivity contribution in [1.29, 1.82) is 0 Å². The van der Waals surface area contributed by atoms with Crippen molar-refractivity contribution in [1.82, 2.24) is 4.90 Å². The molecule has 4 nitrogen and oxygen atoms in total. The van der Waals surface area contributed by atoms with Gasteiger partial charge in [0.25, 0.3) is 5.91 Å². The van der Waals surface area contributed by atoms with Crippen molar-refractivity contribution in [3.63, 3.8) is 0 Å². The summed E-state index contributed by atoms with van der Waals surface area (Å²) >= 11 is 1.42. The van der Waals surface area contributed by atoms with Gasteiger partial charge in [-0.05, 0) is 43.7 Å². The SMILES string of the molecule is Cc1ccsc1C(=O)N1CC(C(=O)O)CCC1C. The number of nitrogens with zero attached hydrogens (tertiary/aromatic N) is 1. The predicted octanol–water partition coefficient (Wildman–Crippen LogP) is 2.38. The van der Waals surface area contributed by atoms with Crippen molar-refractivity contribution in [3.8, 4) is 0 Å². The van der Waals surface area contributed by atoms with E-state index in [9.17, 15) is 9.59 Å². The predicted molar refractivity (Wildman–Crippen MR) is 69.9 cm³/mol. The highest BCUT2D eigenvalue weighted by Crippen LogP contribution is 2.26. The van der Waals surface area contributed by atoms with Crippen molar-refractivity contribution in [2.24, 2.45) is 5.92 Å². The minimum absolute atomic E-state index is 0.0269. The highest BCUT2D eigenvalue weighted by atomic mass is 32.1. The maximum absolute atomic E-state index is 12.4. The van der Waals surface area contributed by atoms with Gasteiger partial charge in [0.05, 0.1) is 10.8 Å². The lowest BCUT2D eigenvalue weighted by Gasteiger charge is -2.36. The molecule has 2 atom stereocenters. The van der Waals surface area contributed by atoms with Gasteiger partial charge in [-0.15, -0.1) is 11.3 Å². The number of aliphatic carboxylic acids is 1. The normalized spacial score (nSPS) is 24.0. The molecule has 1 fully saturated rings. The molecule has 2 unspecified atom stereocenters. The third-order valence-corrected chi connectivity index (χ3v) is 4.55. The molecule has 1 aromatic rings. The van der Waals surface area contributed by atoms with E-state index in [-0.39, 0.29) is 11.9 Å². The third-order valence-electron chi connectivity index (χ3n) is 3.55. The highest BCUT2D eigenvalue weighted by molar-refractivity contribution is 7.12. The fraction of sp³-hybridized carbons (Fsp3) is 0.538. The fourth-order valence-corrected chi connectivity index (χ4v) is 3.19. The van der Waals surface area contributed by atoms with Crippen LogP contribution in [0.1, 0.15) is 35.0 Å². The van der Waals surface area contributed by atoms with E-state index in [0.29, 0.717) is 13.0 Å². The standard InChI is InChI=1S/C13H17NO3S/c1-8-5-6-18-11(8)12(15)14-7-10(13(16)17)4-3-9(14)2/h5-6,9-10H,3-4,7H2,1-2H3,(H,16,17). The molecule has 1 aliphatic heterocycles. The molecule has 1 aromatic heterocycles. The van der Waals surface area contributed by atoms with Crippen molar-refractivity contribution >= 4 is 23.2 Å². The molecule has 0 saturated carbocycles. The monoisotopic (exact) mass is 267 g/mol. The molecule has 5 heteroatoms. The first-order chi connectivity index (χ1) is 8.50. The van der Waals surface area contributed by atoms with E-state index < -0.39 is 11.9 Å². The molecule has 0 aromatic carbocycles. The van der Waals surface area contributed by atoms with Crippen molar-refractivity contribution in [2.45, 2.75) is 32.7 Å². The van der Waals surface area contributed by atoms with Gasteiger partial charge in [0.2, 0.25) is 0 Å². The van der Waals surface area contributed by atoms with Gasteiger partial charge in [-0.25, -0.2) is 0 Å². The first-order valence-electron chi connectivity index (χ1n) is 6.08. The number of likely N-dealkylation sites (tertiary alicyclic amines) is 1. The number of hydrogen-bond donors (Lipinski definition) is 1. The van der Waals surface area contributed by atoms with Crippen LogP contribution in [0.15, 0.2) is 11.4 Å². The van der Waals surface area contributed by atoms with Gasteiger partial charge in [-0.2, -0.15) is 0 Å². The van der Waals surface area contributed by atoms with Crippen LogP contribution in [-0.4, -0.2) is 34.5 Å². The number of rotatable bonds is 2. The van der Waals surface area contributed by atoms with E-state index in [1.165, 1.54) is 11.3 Å². The van der Waals surface area contributed by atoms with E-state index in [1.54, 1.807) is 4.90 Å². The zero-order valence-corrected chi connectivity index (χ0v) is 11.4. The number of thiophene rings is 1. The van der Waals surface area contributed by atoms with E-state index >= 15 is 0 Å². The van der Waals surface area contributed by atoms with E-state index in [2.05, 4.69) is 0 Å². The Morgan fingerprint density at radius 2 is 2.17 bits per heavy atom. The number of carboxylic acid groups (broad SMARTS) is 1. The topological polar surface area (TPSA) is 57.6 Å². The zero-order valence-electron chi connectivity index (χ0n) is 10.5. The van der Waals surface area contributed by atoms with Gasteiger partial charge in [-0.1, -0.05) is 0 Å². The molecular formula is C13H17NO3S. The average molecular weight is 267 g/mol. The number of piperidine rings is 1. The number of aryl methyl sites for hydroxylation is 1. The molecule has 98 valence electrons. The number of carbonyl (C=O) groups excluding carboxylic acids is 1. The smallest absolute Gasteiger partial charge is 0.308 e. The summed E-state index contributed by atoms with van der Waals surface area (Å²) in [6.07, 6.45) is 1.41. The Morgan fingerprint density at radius 1 is 1.44 bits per heavy atom. The van der Waals surface area contributed by atoms with Gasteiger partial charge < -0.3 is 10.0 Å². The van der Waals surface area contributed by atoms with E-state index in [0.717, 1.165) is 16.9 Å². The minimum atomic E-state index is -0.803. The minimum Gasteiger partial charge on any atom is -0.481 e. The van der Waals surface area contributed by atoms with Crippen molar-refractivity contribution in [2.75, 3.05) is 6.54 Å². The second-order valence-electron chi connectivity index (χ2n) is 4.85. The molecule has 1 aliphatic rings. The van der Waals surface area contributed by atoms with Gasteiger partial charge in [0, 0.05) is 12.6 Å². The van der Waals surface area contributed by atoms with Crippen LogP contribution >= 0.6 is 11.3 Å². The summed E-state index contributed by atoms with van der Waals surface area (Å²) in [6, 6.07) is 2.04. The fourth-order valence-electron chi connectivity index (χ4n) is 2.31. The molecule has 0 aliphatic carbocycles. The first kappa shape index (κ1) is 13.1. The Hall–Kier alpha value is -1.36. The highest BCUT2D eigenvalue weighted by Gasteiger charge is 2.33. The molecule has 0 spiro atoms. The lowest BCUT2D eigenvalue weighted by molar-refractivity contribution is -0.143. The van der Waals surface area contributed by atoms with E-state index in [1.807, 2.05) is 25.3 Å². The summed E-state index contributed by atoms with van der Waals surface area (Å²) in [4.78, 5) is 25.9. The largest absolute Gasteiger partial charge is 0.481 e. The Morgan fingerprint density at radius 3 is 2.72 bits per heavy atom. The first-order valence-corrected chi connectivity index (χ1v) is 6.96. The van der Waals surface area contributed by atoms with Crippen LogP contribution in [0.25, 0.3) is 0 Å². The quantitative estimate of drug-likeness (QED) is 0.895. The summed E-state index contributed by atoms with van der Waals surface area (Å²) in [5.41, 5.74) is 0.967. The molecule has 2 rings (SSSR count). The zero-order chi connectivity index (χ0) is 13.3. The van der Waals surface area contributed by atoms with Gasteiger partial charge in [0.15, 0.2) is 0 Å². The Bertz CT molecular complexity index is 469. The molecular weight excluding hydrogens is 250 g/mol. The molecule has 0 bridgehead atoms. The van der Waals surface area contributed by atoms with Crippen LogP contribution in [0.5, 0.6) is 0 Å². The summed E-state index contributed by atoms with van der Waals surface area (Å²) in [7, 11) is 0.